The average molecular weight is 589 g/mol. The van der Waals surface area contributed by atoms with Crippen molar-refractivity contribution < 1.29 is 26.7 Å². The Kier molecular flexibility index (Phi) is 8.81. The summed E-state index contributed by atoms with van der Waals surface area (Å²) in [5, 5.41) is 0. The fourth-order valence-corrected chi connectivity index (χ4v) is 5.81. The number of benzene rings is 1. The van der Waals surface area contributed by atoms with Crippen LogP contribution in [0.2, 0.25) is 0 Å². The number of pyridine rings is 2. The van der Waals surface area contributed by atoms with E-state index in [4.69, 9.17) is 9.47 Å². The first-order valence-corrected chi connectivity index (χ1v) is 15.3. The van der Waals surface area contributed by atoms with Crippen LogP contribution in [-0.2, 0) is 16.4 Å². The van der Waals surface area contributed by atoms with Crippen LogP contribution in [0.15, 0.2) is 47.4 Å². The topological polar surface area (TPSA) is 105 Å². The number of halogens is 2. The van der Waals surface area contributed by atoms with Crippen molar-refractivity contribution in [3.8, 4) is 22.8 Å². The van der Waals surface area contributed by atoms with Gasteiger partial charge in [-0.1, -0.05) is 24.3 Å². The maximum absolute atomic E-state index is 13.9. The molecule has 0 unspecified atom stereocenters. The van der Waals surface area contributed by atoms with Crippen LogP contribution < -0.4 is 15.2 Å². The molecule has 4 aromatic rings. The summed E-state index contributed by atoms with van der Waals surface area (Å²) < 4.78 is 66.5. The molecule has 9 nitrogen and oxygen atoms in total. The summed E-state index contributed by atoms with van der Waals surface area (Å²) in [4.78, 5) is 23.0. The van der Waals surface area contributed by atoms with Crippen molar-refractivity contribution in [1.82, 2.24) is 19.1 Å². The summed E-state index contributed by atoms with van der Waals surface area (Å²) >= 11 is 0. The molecule has 0 aliphatic heterocycles. The Balaban J connectivity index is 2.03. The molecule has 0 N–H and O–H groups in total. The van der Waals surface area contributed by atoms with Crippen LogP contribution >= 0.6 is 0 Å². The Morgan fingerprint density at radius 1 is 1.05 bits per heavy atom. The number of ether oxygens (including phenoxy) is 2. The van der Waals surface area contributed by atoms with Crippen LogP contribution in [0.3, 0.4) is 0 Å². The Bertz CT molecular complexity index is 1730. The largest absolute Gasteiger partial charge is 0.485 e. The molecule has 0 fully saturated rings. The van der Waals surface area contributed by atoms with E-state index in [-0.39, 0.29) is 35.4 Å². The monoisotopic (exact) mass is 588 g/mol. The van der Waals surface area contributed by atoms with Crippen LogP contribution in [0.4, 0.5) is 8.78 Å². The maximum Gasteiger partial charge on any atom is 0.331 e. The molecule has 0 amide bonds. The smallest absolute Gasteiger partial charge is 0.331 e. The van der Waals surface area contributed by atoms with Gasteiger partial charge < -0.3 is 9.47 Å². The molecule has 4 rings (SSSR count). The van der Waals surface area contributed by atoms with Gasteiger partial charge in [-0.05, 0) is 63.4 Å². The van der Waals surface area contributed by atoms with Gasteiger partial charge in [0.15, 0.2) is 11.4 Å². The van der Waals surface area contributed by atoms with Crippen molar-refractivity contribution >= 4 is 21.0 Å². The second kappa shape index (κ2) is 12.0. The zero-order valence-corrected chi connectivity index (χ0v) is 24.7. The molecule has 41 heavy (non-hydrogen) atoms. The first-order valence-electron chi connectivity index (χ1n) is 13.2. The highest BCUT2D eigenvalue weighted by Crippen LogP contribution is 2.34. The SMILES string of the molecule is CCOc1nc([C@@H](CS(C)(=O)=O)n2c(=O)n(CC(F)F)c3c(C)c(-c4ccccc4C)cnc32)ccc1OC(C)C. The number of sulfone groups is 1. The molecule has 1 atom stereocenters. The lowest BCUT2D eigenvalue weighted by Crippen LogP contribution is -2.33. The lowest BCUT2D eigenvalue weighted by atomic mass is 9.98. The normalized spacial score (nSPS) is 12.8. The van der Waals surface area contributed by atoms with Gasteiger partial charge in [-0.25, -0.2) is 32.0 Å². The molecule has 12 heteroatoms. The van der Waals surface area contributed by atoms with E-state index in [1.807, 2.05) is 45.0 Å². The molecule has 3 heterocycles. The predicted molar refractivity (Wildman–Crippen MR) is 154 cm³/mol. The number of hydrogen-bond donors (Lipinski definition) is 0. The zero-order chi connectivity index (χ0) is 30.1. The van der Waals surface area contributed by atoms with Gasteiger partial charge >= 0.3 is 5.69 Å². The molecule has 1 aromatic carbocycles. The van der Waals surface area contributed by atoms with Crippen LogP contribution in [-0.4, -0.2) is 58.7 Å². The number of fused-ring (bicyclic) bond motifs is 1. The van der Waals surface area contributed by atoms with E-state index < -0.39 is 40.3 Å². The molecule has 0 bridgehead atoms. The minimum atomic E-state index is -3.70. The molecule has 0 aliphatic rings. The minimum Gasteiger partial charge on any atom is -0.485 e. The fourth-order valence-electron chi connectivity index (χ4n) is 4.92. The van der Waals surface area contributed by atoms with E-state index >= 15 is 0 Å². The first-order chi connectivity index (χ1) is 19.3. The van der Waals surface area contributed by atoms with Crippen LogP contribution in [0, 0.1) is 13.8 Å². The summed E-state index contributed by atoms with van der Waals surface area (Å²) in [6.07, 6.45) is -0.397. The Labute approximate surface area is 237 Å². The first kappa shape index (κ1) is 30.2. The number of alkyl halides is 2. The van der Waals surface area contributed by atoms with E-state index in [9.17, 15) is 22.0 Å². The summed E-state index contributed by atoms with van der Waals surface area (Å²) in [6, 6.07) is 9.54. The predicted octanol–water partition coefficient (Wildman–Crippen LogP) is 4.96. The number of imidazole rings is 1. The van der Waals surface area contributed by atoms with Crippen molar-refractivity contribution in [2.75, 3.05) is 18.6 Å². The number of rotatable bonds is 11. The van der Waals surface area contributed by atoms with E-state index in [2.05, 4.69) is 9.97 Å². The van der Waals surface area contributed by atoms with Gasteiger partial charge in [0.1, 0.15) is 9.84 Å². The summed E-state index contributed by atoms with van der Waals surface area (Å²) in [7, 11) is -3.70. The third-order valence-corrected chi connectivity index (χ3v) is 7.50. The van der Waals surface area contributed by atoms with Crippen LogP contribution in [0.25, 0.3) is 22.3 Å². The van der Waals surface area contributed by atoms with Crippen molar-refractivity contribution in [2.45, 2.75) is 59.7 Å². The third kappa shape index (κ3) is 6.42. The Morgan fingerprint density at radius 2 is 1.76 bits per heavy atom. The van der Waals surface area contributed by atoms with Gasteiger partial charge in [-0.15, -0.1) is 0 Å². The van der Waals surface area contributed by atoms with Crippen molar-refractivity contribution in [1.29, 1.82) is 0 Å². The van der Waals surface area contributed by atoms with Gasteiger partial charge in [0.05, 0.1) is 42.3 Å². The van der Waals surface area contributed by atoms with Crippen molar-refractivity contribution in [2.24, 2.45) is 0 Å². The Hall–Kier alpha value is -3.80. The molecule has 0 saturated heterocycles. The van der Waals surface area contributed by atoms with Gasteiger partial charge in [-0.2, -0.15) is 0 Å². The van der Waals surface area contributed by atoms with Gasteiger partial charge in [0.2, 0.25) is 0 Å². The molecule has 220 valence electrons. The highest BCUT2D eigenvalue weighted by Gasteiger charge is 2.30. The lowest BCUT2D eigenvalue weighted by Gasteiger charge is -2.20. The third-order valence-electron chi connectivity index (χ3n) is 6.58. The highest BCUT2D eigenvalue weighted by atomic mass is 32.2. The van der Waals surface area contributed by atoms with E-state index in [0.717, 1.165) is 26.5 Å². The molecule has 0 radical (unpaired) electrons. The van der Waals surface area contributed by atoms with Crippen molar-refractivity contribution in [3.05, 3.63) is 69.9 Å². The summed E-state index contributed by atoms with van der Waals surface area (Å²) in [5.41, 5.74) is 2.72. The van der Waals surface area contributed by atoms with Gasteiger partial charge in [0.25, 0.3) is 12.3 Å². The molecule has 3 aromatic heterocycles. The summed E-state index contributed by atoms with van der Waals surface area (Å²) in [6.45, 7) is 8.49. The lowest BCUT2D eigenvalue weighted by molar-refractivity contribution is 0.126. The second-order valence-electron chi connectivity index (χ2n) is 10.2. The second-order valence-corrected chi connectivity index (χ2v) is 12.4. The van der Waals surface area contributed by atoms with Gasteiger partial charge in [-0.3, -0.25) is 9.13 Å². The van der Waals surface area contributed by atoms with E-state index in [0.29, 0.717) is 16.9 Å². The van der Waals surface area contributed by atoms with Crippen LogP contribution in [0.5, 0.6) is 11.6 Å². The molecule has 0 spiro atoms. The molecular formula is C29H34F2N4O5S. The number of aromatic nitrogens is 4. The molecular weight excluding hydrogens is 554 g/mol. The summed E-state index contributed by atoms with van der Waals surface area (Å²) in [5.74, 6) is -0.0372. The van der Waals surface area contributed by atoms with Crippen molar-refractivity contribution in [3.63, 3.8) is 0 Å². The Morgan fingerprint density at radius 3 is 2.37 bits per heavy atom. The number of nitrogens with zero attached hydrogens (tertiary/aromatic N) is 4. The van der Waals surface area contributed by atoms with E-state index in [1.165, 1.54) is 0 Å². The molecule has 0 saturated carbocycles. The zero-order valence-electron chi connectivity index (χ0n) is 23.9. The quantitative estimate of drug-likeness (QED) is 0.244. The standard InChI is InChI=1S/C29H34F2N4O5S/c1-7-39-28-24(40-17(2)3)13-12-22(33-28)23(16-41(6,37)38)35-27-26(34(29(35)36)15-25(30)31)19(5)21(14-32-27)20-11-9-8-10-18(20)4/h8-14,17,23,25H,7,15-16H2,1-6H3/t23-/m1/s1. The highest BCUT2D eigenvalue weighted by molar-refractivity contribution is 7.90. The van der Waals surface area contributed by atoms with Crippen LogP contribution in [0.1, 0.15) is 43.6 Å². The minimum absolute atomic E-state index is 0.0846. The van der Waals surface area contributed by atoms with Gasteiger partial charge in [0, 0.05) is 18.0 Å². The average Bonchev–Trinajstić information content (AvgIpc) is 3.15. The number of hydrogen-bond acceptors (Lipinski definition) is 7. The maximum atomic E-state index is 13.9. The molecule has 0 aliphatic carbocycles. The van der Waals surface area contributed by atoms with E-state index in [1.54, 1.807) is 32.2 Å². The fraction of sp³-hybridized carbons (Fsp3) is 0.414. The number of aryl methyl sites for hydroxylation is 2.